The van der Waals surface area contributed by atoms with Crippen molar-refractivity contribution in [1.29, 1.82) is 0 Å². The molecular formula is C23H24O4. The molecule has 0 saturated heterocycles. The first-order valence-electron chi connectivity index (χ1n) is 9.09. The minimum Gasteiger partial charge on any atom is -0.446 e. The van der Waals surface area contributed by atoms with Crippen LogP contribution in [0.3, 0.4) is 0 Å². The Morgan fingerprint density at radius 1 is 1.04 bits per heavy atom. The first-order chi connectivity index (χ1) is 13.3. The lowest BCUT2D eigenvalue weighted by atomic mass is 10.1. The van der Waals surface area contributed by atoms with Crippen molar-refractivity contribution in [3.63, 3.8) is 0 Å². The second kappa shape index (κ2) is 12.5. The Morgan fingerprint density at radius 2 is 1.74 bits per heavy atom. The van der Waals surface area contributed by atoms with Crippen LogP contribution in [0, 0.1) is 11.8 Å². The molecule has 0 aliphatic heterocycles. The van der Waals surface area contributed by atoms with Gasteiger partial charge in [-0.3, -0.25) is 0 Å². The molecule has 27 heavy (non-hydrogen) atoms. The van der Waals surface area contributed by atoms with Gasteiger partial charge in [-0.2, -0.15) is 0 Å². The molecule has 0 bridgehead atoms. The standard InChI is InChI=1S/C23H24O4/c24-17-9-7-15-22(27-23(25)21-13-5-2-6-14-21)16-8-10-18-26-19-20-11-3-1-4-12-20/h1-6,11-14,17,22H,7,9-10,15,18-19H2. The van der Waals surface area contributed by atoms with E-state index in [0.29, 0.717) is 44.5 Å². The average Bonchev–Trinajstić information content (AvgIpc) is 2.72. The van der Waals surface area contributed by atoms with E-state index in [1.165, 1.54) is 0 Å². The van der Waals surface area contributed by atoms with Gasteiger partial charge in [-0.05, 0) is 30.5 Å². The van der Waals surface area contributed by atoms with E-state index in [0.717, 1.165) is 11.8 Å². The first-order valence-corrected chi connectivity index (χ1v) is 9.09. The fraction of sp³-hybridized carbons (Fsp3) is 0.304. The average molecular weight is 364 g/mol. The molecular weight excluding hydrogens is 340 g/mol. The maximum Gasteiger partial charge on any atom is 0.339 e. The molecule has 0 spiro atoms. The van der Waals surface area contributed by atoms with Gasteiger partial charge in [-0.1, -0.05) is 60.4 Å². The molecule has 140 valence electrons. The van der Waals surface area contributed by atoms with Crippen LogP contribution < -0.4 is 0 Å². The lowest BCUT2D eigenvalue weighted by Gasteiger charge is -2.12. The highest BCUT2D eigenvalue weighted by Gasteiger charge is 2.13. The predicted molar refractivity (Wildman–Crippen MR) is 104 cm³/mol. The number of ether oxygens (including phenoxy) is 2. The summed E-state index contributed by atoms with van der Waals surface area (Å²) in [4.78, 5) is 22.7. The van der Waals surface area contributed by atoms with Gasteiger partial charge in [0.1, 0.15) is 6.29 Å². The van der Waals surface area contributed by atoms with Gasteiger partial charge in [0.15, 0.2) is 6.10 Å². The van der Waals surface area contributed by atoms with Gasteiger partial charge in [0.2, 0.25) is 0 Å². The maximum atomic E-state index is 12.2. The van der Waals surface area contributed by atoms with Crippen molar-refractivity contribution in [2.45, 2.75) is 38.4 Å². The summed E-state index contributed by atoms with van der Waals surface area (Å²) in [6, 6.07) is 18.8. The number of aldehydes is 1. The molecule has 0 amide bonds. The number of unbranched alkanes of at least 4 members (excludes halogenated alkanes) is 1. The number of rotatable bonds is 10. The normalized spacial score (nSPS) is 11.1. The molecule has 0 heterocycles. The van der Waals surface area contributed by atoms with Crippen LogP contribution in [0.4, 0.5) is 0 Å². The highest BCUT2D eigenvalue weighted by atomic mass is 16.5. The summed E-state index contributed by atoms with van der Waals surface area (Å²) in [5.74, 6) is 5.60. The van der Waals surface area contributed by atoms with Crippen LogP contribution in [0.25, 0.3) is 0 Å². The van der Waals surface area contributed by atoms with Crippen molar-refractivity contribution in [1.82, 2.24) is 0 Å². The van der Waals surface area contributed by atoms with Crippen molar-refractivity contribution in [3.05, 3.63) is 71.8 Å². The van der Waals surface area contributed by atoms with E-state index < -0.39 is 12.1 Å². The molecule has 0 saturated carbocycles. The summed E-state index contributed by atoms with van der Waals surface area (Å²) < 4.78 is 11.1. The number of esters is 1. The lowest BCUT2D eigenvalue weighted by Crippen LogP contribution is -2.17. The summed E-state index contributed by atoms with van der Waals surface area (Å²) in [7, 11) is 0. The molecule has 0 aliphatic rings. The van der Waals surface area contributed by atoms with Crippen LogP contribution >= 0.6 is 0 Å². The van der Waals surface area contributed by atoms with Crippen molar-refractivity contribution in [3.8, 4) is 11.8 Å². The van der Waals surface area contributed by atoms with E-state index >= 15 is 0 Å². The Morgan fingerprint density at radius 3 is 2.44 bits per heavy atom. The van der Waals surface area contributed by atoms with E-state index in [-0.39, 0.29) is 0 Å². The fourth-order valence-electron chi connectivity index (χ4n) is 2.39. The predicted octanol–water partition coefficient (Wildman–Crippen LogP) is 4.19. The largest absolute Gasteiger partial charge is 0.446 e. The van der Waals surface area contributed by atoms with Gasteiger partial charge in [-0.25, -0.2) is 4.79 Å². The molecule has 1 unspecified atom stereocenters. The van der Waals surface area contributed by atoms with Crippen LogP contribution in [0.5, 0.6) is 0 Å². The minimum absolute atomic E-state index is 0.402. The van der Waals surface area contributed by atoms with Gasteiger partial charge in [0.05, 0.1) is 18.8 Å². The van der Waals surface area contributed by atoms with Gasteiger partial charge >= 0.3 is 5.97 Å². The molecule has 1 atom stereocenters. The Bertz CT molecular complexity index is 744. The van der Waals surface area contributed by atoms with E-state index in [2.05, 4.69) is 11.8 Å². The summed E-state index contributed by atoms with van der Waals surface area (Å²) >= 11 is 0. The number of carbonyl (C=O) groups excluding carboxylic acids is 2. The number of carbonyl (C=O) groups is 2. The molecule has 0 aliphatic carbocycles. The zero-order chi connectivity index (χ0) is 19.2. The highest BCUT2D eigenvalue weighted by Crippen LogP contribution is 2.09. The minimum atomic E-state index is -0.522. The van der Waals surface area contributed by atoms with E-state index in [1.807, 2.05) is 36.4 Å². The third-order valence-electron chi connectivity index (χ3n) is 3.79. The quantitative estimate of drug-likeness (QED) is 0.274. The number of benzene rings is 2. The summed E-state index contributed by atoms with van der Waals surface area (Å²) in [5, 5.41) is 0. The monoisotopic (exact) mass is 364 g/mol. The van der Waals surface area contributed by atoms with Gasteiger partial charge < -0.3 is 14.3 Å². The summed E-state index contributed by atoms with van der Waals surface area (Å²) in [5.41, 5.74) is 1.61. The second-order valence-electron chi connectivity index (χ2n) is 5.97. The Hall–Kier alpha value is -2.90. The van der Waals surface area contributed by atoms with E-state index in [9.17, 15) is 9.59 Å². The number of hydrogen-bond donors (Lipinski definition) is 0. The van der Waals surface area contributed by atoms with Gasteiger partial charge in [0.25, 0.3) is 0 Å². The molecule has 2 aromatic carbocycles. The first kappa shape index (κ1) is 20.4. The van der Waals surface area contributed by atoms with Crippen molar-refractivity contribution < 1.29 is 19.1 Å². The Kier molecular flexibility index (Phi) is 9.41. The van der Waals surface area contributed by atoms with Crippen LogP contribution in [-0.2, 0) is 20.9 Å². The molecule has 0 aromatic heterocycles. The Balaban J connectivity index is 1.80. The highest BCUT2D eigenvalue weighted by molar-refractivity contribution is 5.89. The second-order valence-corrected chi connectivity index (χ2v) is 5.97. The molecule has 0 radical (unpaired) electrons. The van der Waals surface area contributed by atoms with Crippen LogP contribution in [0.2, 0.25) is 0 Å². The molecule has 4 heteroatoms. The molecule has 4 nitrogen and oxygen atoms in total. The third-order valence-corrected chi connectivity index (χ3v) is 3.79. The fourth-order valence-corrected chi connectivity index (χ4v) is 2.39. The van der Waals surface area contributed by atoms with Gasteiger partial charge in [-0.15, -0.1) is 0 Å². The maximum absolute atomic E-state index is 12.2. The SMILES string of the molecule is O=CCCCC(C#CCCOCc1ccccc1)OC(=O)c1ccccc1. The zero-order valence-corrected chi connectivity index (χ0v) is 15.3. The van der Waals surface area contributed by atoms with Crippen molar-refractivity contribution in [2.75, 3.05) is 6.61 Å². The smallest absolute Gasteiger partial charge is 0.339 e. The molecule has 2 rings (SSSR count). The van der Waals surface area contributed by atoms with Gasteiger partial charge in [0, 0.05) is 12.8 Å². The van der Waals surface area contributed by atoms with E-state index in [1.54, 1.807) is 24.3 Å². The van der Waals surface area contributed by atoms with Crippen molar-refractivity contribution >= 4 is 12.3 Å². The summed E-state index contributed by atoms with van der Waals surface area (Å²) in [6.45, 7) is 1.06. The topological polar surface area (TPSA) is 52.6 Å². The number of hydrogen-bond acceptors (Lipinski definition) is 4. The Labute approximate surface area is 160 Å². The molecule has 0 fully saturated rings. The van der Waals surface area contributed by atoms with Crippen LogP contribution in [-0.4, -0.2) is 25.0 Å². The van der Waals surface area contributed by atoms with Crippen LogP contribution in [0.1, 0.15) is 41.6 Å². The lowest BCUT2D eigenvalue weighted by molar-refractivity contribution is -0.108. The third kappa shape index (κ3) is 8.35. The summed E-state index contributed by atoms with van der Waals surface area (Å²) in [6.07, 6.45) is 2.50. The molecule has 2 aromatic rings. The van der Waals surface area contributed by atoms with E-state index in [4.69, 9.17) is 9.47 Å². The molecule has 0 N–H and O–H groups in total. The zero-order valence-electron chi connectivity index (χ0n) is 15.3. The van der Waals surface area contributed by atoms with Crippen molar-refractivity contribution in [2.24, 2.45) is 0 Å². The van der Waals surface area contributed by atoms with Crippen LogP contribution in [0.15, 0.2) is 60.7 Å².